The van der Waals surface area contributed by atoms with Gasteiger partial charge < -0.3 is 4.42 Å². The van der Waals surface area contributed by atoms with Crippen LogP contribution >= 0.6 is 27.7 Å². The van der Waals surface area contributed by atoms with E-state index in [2.05, 4.69) is 27.0 Å². The third-order valence-corrected chi connectivity index (χ3v) is 3.57. The lowest BCUT2D eigenvalue weighted by atomic mass is 10.2. The zero-order valence-electron chi connectivity index (χ0n) is 8.24. The standard InChI is InChI=1S/C11H10BrNOS/c1-8-6-14-11(13-8)15-7-9-4-2-3-5-10(9)12/h2-6H,7H2,1H3. The number of aryl methyl sites for hydroxylation is 1. The van der Waals surface area contributed by atoms with E-state index in [1.807, 2.05) is 25.1 Å². The molecule has 0 amide bonds. The van der Waals surface area contributed by atoms with Crippen LogP contribution in [0, 0.1) is 6.92 Å². The normalized spacial score (nSPS) is 10.5. The lowest BCUT2D eigenvalue weighted by Crippen LogP contribution is -1.82. The summed E-state index contributed by atoms with van der Waals surface area (Å²) in [6, 6.07) is 8.17. The molecule has 2 rings (SSSR count). The van der Waals surface area contributed by atoms with Crippen LogP contribution in [-0.2, 0) is 5.75 Å². The second-order valence-electron chi connectivity index (χ2n) is 3.13. The largest absolute Gasteiger partial charge is 0.440 e. The van der Waals surface area contributed by atoms with Gasteiger partial charge in [0.05, 0.1) is 5.69 Å². The number of halogens is 1. The van der Waals surface area contributed by atoms with Crippen molar-refractivity contribution in [2.24, 2.45) is 0 Å². The van der Waals surface area contributed by atoms with Crippen LogP contribution in [0.5, 0.6) is 0 Å². The molecule has 15 heavy (non-hydrogen) atoms. The first-order valence-corrected chi connectivity index (χ1v) is 6.32. The topological polar surface area (TPSA) is 26.0 Å². The highest BCUT2D eigenvalue weighted by Gasteiger charge is 2.04. The maximum Gasteiger partial charge on any atom is 0.256 e. The van der Waals surface area contributed by atoms with Crippen LogP contribution in [0.15, 0.2) is 44.6 Å². The molecule has 0 aliphatic carbocycles. The van der Waals surface area contributed by atoms with Crippen LogP contribution in [0.25, 0.3) is 0 Å². The Morgan fingerprint density at radius 1 is 1.40 bits per heavy atom. The molecule has 0 saturated heterocycles. The van der Waals surface area contributed by atoms with Crippen molar-refractivity contribution >= 4 is 27.7 Å². The van der Waals surface area contributed by atoms with Gasteiger partial charge in [-0.25, -0.2) is 4.98 Å². The number of rotatable bonds is 3. The average molecular weight is 284 g/mol. The van der Waals surface area contributed by atoms with Gasteiger partial charge in [-0.1, -0.05) is 45.9 Å². The molecule has 0 unspecified atom stereocenters. The van der Waals surface area contributed by atoms with E-state index in [0.717, 1.165) is 21.1 Å². The van der Waals surface area contributed by atoms with Crippen LogP contribution in [0.2, 0.25) is 0 Å². The summed E-state index contributed by atoms with van der Waals surface area (Å²) in [5.41, 5.74) is 2.17. The molecule has 0 fully saturated rings. The number of aromatic nitrogens is 1. The SMILES string of the molecule is Cc1coc(SCc2ccccc2Br)n1. The van der Waals surface area contributed by atoms with Crippen molar-refractivity contribution in [2.45, 2.75) is 17.9 Å². The van der Waals surface area contributed by atoms with E-state index in [0.29, 0.717) is 0 Å². The summed E-state index contributed by atoms with van der Waals surface area (Å²) in [5.74, 6) is 0.862. The van der Waals surface area contributed by atoms with E-state index in [-0.39, 0.29) is 0 Å². The molecule has 0 bridgehead atoms. The molecular weight excluding hydrogens is 274 g/mol. The van der Waals surface area contributed by atoms with Crippen molar-refractivity contribution in [1.82, 2.24) is 4.98 Å². The van der Waals surface area contributed by atoms with Gasteiger partial charge in [0.2, 0.25) is 0 Å². The van der Waals surface area contributed by atoms with Gasteiger partial charge in [0, 0.05) is 10.2 Å². The van der Waals surface area contributed by atoms with E-state index in [1.165, 1.54) is 5.56 Å². The van der Waals surface area contributed by atoms with Crippen molar-refractivity contribution in [3.63, 3.8) is 0 Å². The zero-order valence-corrected chi connectivity index (χ0v) is 10.6. The van der Waals surface area contributed by atoms with Crippen LogP contribution in [0.4, 0.5) is 0 Å². The van der Waals surface area contributed by atoms with Crippen LogP contribution in [0.3, 0.4) is 0 Å². The Morgan fingerprint density at radius 2 is 2.20 bits per heavy atom. The molecule has 0 aliphatic rings. The molecule has 1 aromatic carbocycles. The number of hydrogen-bond donors (Lipinski definition) is 0. The van der Waals surface area contributed by atoms with E-state index < -0.39 is 0 Å². The van der Waals surface area contributed by atoms with Crippen molar-refractivity contribution < 1.29 is 4.42 Å². The summed E-state index contributed by atoms with van der Waals surface area (Å²) in [4.78, 5) is 4.24. The zero-order chi connectivity index (χ0) is 10.7. The second kappa shape index (κ2) is 4.86. The number of hydrogen-bond acceptors (Lipinski definition) is 3. The minimum Gasteiger partial charge on any atom is -0.440 e. The summed E-state index contributed by atoms with van der Waals surface area (Å²) in [6.45, 7) is 1.92. The molecule has 0 saturated carbocycles. The van der Waals surface area contributed by atoms with E-state index in [4.69, 9.17) is 4.42 Å². The Kier molecular flexibility index (Phi) is 3.49. The van der Waals surface area contributed by atoms with Gasteiger partial charge in [0.15, 0.2) is 0 Å². The molecule has 0 N–H and O–H groups in total. The van der Waals surface area contributed by atoms with E-state index >= 15 is 0 Å². The fourth-order valence-corrected chi connectivity index (χ4v) is 2.62. The van der Waals surface area contributed by atoms with Crippen LogP contribution in [-0.4, -0.2) is 4.98 Å². The number of benzene rings is 1. The highest BCUT2D eigenvalue weighted by atomic mass is 79.9. The van der Waals surface area contributed by atoms with Crippen molar-refractivity contribution in [3.05, 3.63) is 46.3 Å². The van der Waals surface area contributed by atoms with Gasteiger partial charge >= 0.3 is 0 Å². The summed E-state index contributed by atoms with van der Waals surface area (Å²) < 4.78 is 6.39. The highest BCUT2D eigenvalue weighted by Crippen LogP contribution is 2.26. The van der Waals surface area contributed by atoms with Gasteiger partial charge in [-0.15, -0.1) is 0 Å². The smallest absolute Gasteiger partial charge is 0.256 e. The molecule has 2 nitrogen and oxygen atoms in total. The minimum atomic E-state index is 0.725. The lowest BCUT2D eigenvalue weighted by Gasteiger charge is -2.00. The highest BCUT2D eigenvalue weighted by molar-refractivity contribution is 9.10. The Morgan fingerprint density at radius 3 is 2.87 bits per heavy atom. The maximum atomic E-state index is 5.26. The number of oxazole rings is 1. The predicted molar refractivity (Wildman–Crippen MR) is 64.9 cm³/mol. The van der Waals surface area contributed by atoms with Gasteiger partial charge in [0.25, 0.3) is 5.22 Å². The van der Waals surface area contributed by atoms with Gasteiger partial charge in [-0.3, -0.25) is 0 Å². The van der Waals surface area contributed by atoms with Crippen LogP contribution < -0.4 is 0 Å². The molecule has 0 atom stereocenters. The predicted octanol–water partition coefficient (Wildman–Crippen LogP) is 4.04. The van der Waals surface area contributed by atoms with Crippen molar-refractivity contribution in [3.8, 4) is 0 Å². The fourth-order valence-electron chi connectivity index (χ4n) is 1.15. The average Bonchev–Trinajstić information content (AvgIpc) is 2.63. The summed E-state index contributed by atoms with van der Waals surface area (Å²) in [7, 11) is 0. The third kappa shape index (κ3) is 2.86. The fraction of sp³-hybridized carbons (Fsp3) is 0.182. The molecule has 2 aromatic rings. The first kappa shape index (κ1) is 10.8. The van der Waals surface area contributed by atoms with E-state index in [1.54, 1.807) is 18.0 Å². The lowest BCUT2D eigenvalue weighted by molar-refractivity contribution is 0.454. The number of nitrogens with zero attached hydrogens (tertiary/aromatic N) is 1. The summed E-state index contributed by atoms with van der Waals surface area (Å²) in [5, 5.41) is 0.725. The molecule has 1 heterocycles. The van der Waals surface area contributed by atoms with Crippen molar-refractivity contribution in [2.75, 3.05) is 0 Å². The maximum absolute atomic E-state index is 5.26. The Hall–Kier alpha value is -0.740. The minimum absolute atomic E-state index is 0.725. The first-order valence-electron chi connectivity index (χ1n) is 4.54. The van der Waals surface area contributed by atoms with Crippen molar-refractivity contribution in [1.29, 1.82) is 0 Å². The Bertz CT molecular complexity index is 455. The third-order valence-electron chi connectivity index (χ3n) is 1.91. The quantitative estimate of drug-likeness (QED) is 0.796. The van der Waals surface area contributed by atoms with Gasteiger partial charge in [0.1, 0.15) is 6.26 Å². The van der Waals surface area contributed by atoms with E-state index in [9.17, 15) is 0 Å². The summed E-state index contributed by atoms with van der Waals surface area (Å²) >= 11 is 5.11. The first-order chi connectivity index (χ1) is 7.25. The molecule has 0 aliphatic heterocycles. The van der Waals surface area contributed by atoms with Gasteiger partial charge in [-0.05, 0) is 18.6 Å². The molecule has 1 aromatic heterocycles. The van der Waals surface area contributed by atoms with Crippen LogP contribution in [0.1, 0.15) is 11.3 Å². The molecule has 78 valence electrons. The monoisotopic (exact) mass is 283 g/mol. The molecular formula is C11H10BrNOS. The summed E-state index contributed by atoms with van der Waals surface area (Å²) in [6.07, 6.45) is 1.67. The second-order valence-corrected chi connectivity index (χ2v) is 4.92. The number of thioether (sulfide) groups is 1. The Labute approximate surface area is 101 Å². The molecule has 4 heteroatoms. The molecule has 0 radical (unpaired) electrons. The molecule has 0 spiro atoms. The van der Waals surface area contributed by atoms with Gasteiger partial charge in [-0.2, -0.15) is 0 Å². The Balaban J connectivity index is 2.02.